The van der Waals surface area contributed by atoms with Crippen LogP contribution in [0.15, 0.2) is 5.38 Å². The van der Waals surface area contributed by atoms with E-state index < -0.39 is 10.0 Å². The third-order valence-electron chi connectivity index (χ3n) is 2.04. The molecule has 2 heterocycles. The lowest BCUT2D eigenvalue weighted by Crippen LogP contribution is -2.46. The Bertz CT molecular complexity index is 429. The number of hydrogen-bond donors (Lipinski definition) is 0. The highest BCUT2D eigenvalue weighted by molar-refractivity contribution is 7.90. The highest BCUT2D eigenvalue weighted by Gasteiger charge is 2.32. The summed E-state index contributed by atoms with van der Waals surface area (Å²) in [4.78, 5) is 4.20. The van der Waals surface area contributed by atoms with E-state index >= 15 is 0 Å². The first kappa shape index (κ1) is 10.4. The summed E-state index contributed by atoms with van der Waals surface area (Å²) in [5, 5.41) is 2.67. The smallest absolute Gasteiger partial charge is 0.215 e. The Morgan fingerprint density at radius 1 is 1.64 bits per heavy atom. The van der Waals surface area contributed by atoms with E-state index in [1.807, 2.05) is 5.38 Å². The molecule has 7 heteroatoms. The molecule has 4 nitrogen and oxygen atoms in total. The van der Waals surface area contributed by atoms with Crippen molar-refractivity contribution in [2.24, 2.45) is 0 Å². The van der Waals surface area contributed by atoms with Crippen molar-refractivity contribution in [1.82, 2.24) is 9.29 Å². The summed E-state index contributed by atoms with van der Waals surface area (Å²) >= 11 is 7.04. The molecule has 1 aromatic rings. The molecule has 2 rings (SSSR count). The molecular weight excluding hydrogens is 244 g/mol. The summed E-state index contributed by atoms with van der Waals surface area (Å²) < 4.78 is 23.8. The molecule has 0 radical (unpaired) electrons. The van der Waals surface area contributed by atoms with Gasteiger partial charge in [0.1, 0.15) is 5.01 Å². The van der Waals surface area contributed by atoms with E-state index in [9.17, 15) is 8.42 Å². The standard InChI is InChI=1S/C7H9ClN2O2S2/c8-3-6-5-13-7(9-6)4-10-1-2-14(10,11)12/h5H,1-4H2. The van der Waals surface area contributed by atoms with Gasteiger partial charge >= 0.3 is 0 Å². The minimum Gasteiger partial charge on any atom is -0.244 e. The van der Waals surface area contributed by atoms with Crippen molar-refractivity contribution in [1.29, 1.82) is 0 Å². The van der Waals surface area contributed by atoms with Gasteiger partial charge in [0.25, 0.3) is 0 Å². The fourth-order valence-electron chi connectivity index (χ4n) is 1.18. The molecule has 0 bridgehead atoms. The fraction of sp³-hybridized carbons (Fsp3) is 0.571. The average molecular weight is 253 g/mol. The monoisotopic (exact) mass is 252 g/mol. The van der Waals surface area contributed by atoms with E-state index in [2.05, 4.69) is 4.98 Å². The van der Waals surface area contributed by atoms with E-state index in [1.54, 1.807) is 0 Å². The van der Waals surface area contributed by atoms with Gasteiger partial charge in [-0.3, -0.25) is 0 Å². The number of thiazole rings is 1. The van der Waals surface area contributed by atoms with Gasteiger partial charge < -0.3 is 0 Å². The lowest BCUT2D eigenvalue weighted by molar-refractivity contribution is 0.378. The van der Waals surface area contributed by atoms with Crippen molar-refractivity contribution in [2.75, 3.05) is 12.3 Å². The molecule has 1 saturated heterocycles. The lowest BCUT2D eigenvalue weighted by atomic mass is 10.5. The molecule has 1 aliphatic rings. The third kappa shape index (κ3) is 1.93. The molecule has 0 spiro atoms. The topological polar surface area (TPSA) is 50.3 Å². The van der Waals surface area contributed by atoms with Crippen LogP contribution >= 0.6 is 22.9 Å². The zero-order valence-corrected chi connectivity index (χ0v) is 9.70. The molecule has 0 saturated carbocycles. The molecule has 0 aliphatic carbocycles. The first-order chi connectivity index (χ1) is 6.62. The molecule has 1 fully saturated rings. The van der Waals surface area contributed by atoms with Gasteiger partial charge in [0.15, 0.2) is 0 Å². The van der Waals surface area contributed by atoms with Crippen LogP contribution < -0.4 is 0 Å². The minimum atomic E-state index is -2.95. The Morgan fingerprint density at radius 2 is 2.43 bits per heavy atom. The molecule has 0 amide bonds. The second-order valence-electron chi connectivity index (χ2n) is 3.02. The summed E-state index contributed by atoms with van der Waals surface area (Å²) in [5.74, 6) is 0.643. The number of sulfonamides is 1. The zero-order valence-electron chi connectivity index (χ0n) is 7.31. The Labute approximate surface area is 91.6 Å². The van der Waals surface area contributed by atoms with E-state index in [0.29, 0.717) is 19.0 Å². The number of aromatic nitrogens is 1. The molecule has 0 aromatic carbocycles. The van der Waals surface area contributed by atoms with Crippen molar-refractivity contribution in [3.05, 3.63) is 16.1 Å². The van der Waals surface area contributed by atoms with Crippen LogP contribution in [0.3, 0.4) is 0 Å². The molecule has 0 N–H and O–H groups in total. The van der Waals surface area contributed by atoms with Crippen molar-refractivity contribution in [2.45, 2.75) is 12.4 Å². The molecule has 1 aliphatic heterocycles. The number of hydrogen-bond acceptors (Lipinski definition) is 4. The van der Waals surface area contributed by atoms with E-state index in [4.69, 9.17) is 11.6 Å². The normalized spacial score (nSPS) is 20.6. The van der Waals surface area contributed by atoms with Crippen LogP contribution in [0.2, 0.25) is 0 Å². The number of nitrogens with zero attached hydrogens (tertiary/aromatic N) is 2. The summed E-state index contributed by atoms with van der Waals surface area (Å²) in [5.41, 5.74) is 0.810. The van der Waals surface area contributed by atoms with Crippen LogP contribution in [-0.4, -0.2) is 30.0 Å². The lowest BCUT2D eigenvalue weighted by Gasteiger charge is -2.29. The van der Waals surface area contributed by atoms with Gasteiger partial charge in [0, 0.05) is 11.9 Å². The molecule has 0 unspecified atom stereocenters. The van der Waals surface area contributed by atoms with Gasteiger partial charge in [-0.2, -0.15) is 4.31 Å². The summed E-state index contributed by atoms with van der Waals surface area (Å²) in [6.07, 6.45) is 0. The highest BCUT2D eigenvalue weighted by Crippen LogP contribution is 2.20. The first-order valence-electron chi connectivity index (χ1n) is 4.09. The largest absolute Gasteiger partial charge is 0.244 e. The van der Waals surface area contributed by atoms with Gasteiger partial charge in [0.05, 0.1) is 23.9 Å². The maximum absolute atomic E-state index is 11.2. The highest BCUT2D eigenvalue weighted by atomic mass is 35.5. The quantitative estimate of drug-likeness (QED) is 0.755. The van der Waals surface area contributed by atoms with Gasteiger partial charge in [-0.05, 0) is 0 Å². The van der Waals surface area contributed by atoms with Crippen LogP contribution in [0, 0.1) is 0 Å². The van der Waals surface area contributed by atoms with E-state index in [0.717, 1.165) is 10.7 Å². The molecule has 78 valence electrons. The maximum atomic E-state index is 11.2. The molecular formula is C7H9ClN2O2S2. The van der Waals surface area contributed by atoms with Crippen molar-refractivity contribution < 1.29 is 8.42 Å². The first-order valence-corrected chi connectivity index (χ1v) is 7.11. The summed E-state index contributed by atoms with van der Waals surface area (Å²) in [6, 6.07) is 0. The zero-order chi connectivity index (χ0) is 10.2. The predicted octanol–water partition coefficient (Wildman–Crippen LogP) is 1.03. The van der Waals surface area contributed by atoms with Gasteiger partial charge in [-0.1, -0.05) is 0 Å². The van der Waals surface area contributed by atoms with Crippen LogP contribution in [0.4, 0.5) is 0 Å². The second kappa shape index (κ2) is 3.77. The SMILES string of the molecule is O=S1(=O)CCN1Cc1nc(CCl)cs1. The molecule has 14 heavy (non-hydrogen) atoms. The number of rotatable bonds is 3. The van der Waals surface area contributed by atoms with Crippen LogP contribution in [-0.2, 0) is 22.4 Å². The second-order valence-corrected chi connectivity index (χ2v) is 6.31. The molecule has 1 aromatic heterocycles. The van der Waals surface area contributed by atoms with Crippen molar-refractivity contribution >= 4 is 33.0 Å². The Hall–Kier alpha value is -0.170. The van der Waals surface area contributed by atoms with Crippen LogP contribution in [0.5, 0.6) is 0 Å². The maximum Gasteiger partial charge on any atom is 0.215 e. The van der Waals surface area contributed by atoms with Crippen molar-refractivity contribution in [3.8, 4) is 0 Å². The van der Waals surface area contributed by atoms with Gasteiger partial charge in [-0.25, -0.2) is 13.4 Å². The number of alkyl halides is 1. The Balaban J connectivity index is 2.04. The van der Waals surface area contributed by atoms with E-state index in [-0.39, 0.29) is 5.75 Å². The predicted molar refractivity (Wildman–Crippen MR) is 55.9 cm³/mol. The van der Waals surface area contributed by atoms with Gasteiger partial charge in [-0.15, -0.1) is 22.9 Å². The Morgan fingerprint density at radius 3 is 2.86 bits per heavy atom. The van der Waals surface area contributed by atoms with Crippen LogP contribution in [0.25, 0.3) is 0 Å². The third-order valence-corrected chi connectivity index (χ3v) is 4.99. The fourth-order valence-corrected chi connectivity index (χ4v) is 3.36. The van der Waals surface area contributed by atoms with Crippen molar-refractivity contribution in [3.63, 3.8) is 0 Å². The van der Waals surface area contributed by atoms with Crippen LogP contribution in [0.1, 0.15) is 10.7 Å². The summed E-state index contributed by atoms with van der Waals surface area (Å²) in [6.45, 7) is 1.00. The van der Waals surface area contributed by atoms with Gasteiger partial charge in [0.2, 0.25) is 10.0 Å². The minimum absolute atomic E-state index is 0.265. The number of halogens is 1. The summed E-state index contributed by atoms with van der Waals surface area (Å²) in [7, 11) is -2.95. The Kier molecular flexibility index (Phi) is 2.79. The average Bonchev–Trinajstić information content (AvgIpc) is 2.60. The van der Waals surface area contributed by atoms with E-state index in [1.165, 1.54) is 15.6 Å². The molecule has 0 atom stereocenters.